The average molecular weight is 193 g/mol. The van der Waals surface area contributed by atoms with E-state index in [-0.39, 0.29) is 5.78 Å². The molecule has 0 heterocycles. The fourth-order valence-electron chi connectivity index (χ4n) is 1.07. The standard InChI is InChI=1S/C11H15NO2/c1-11(14,12(2)3)10(13)9-7-5-4-6-8-9/h4-8,14H,1-3H3. The van der Waals surface area contributed by atoms with Crippen LogP contribution < -0.4 is 0 Å². The maximum Gasteiger partial charge on any atom is 0.209 e. The third-order valence-electron chi connectivity index (χ3n) is 2.34. The third kappa shape index (κ3) is 2.00. The number of ketones is 1. The zero-order valence-corrected chi connectivity index (χ0v) is 8.69. The molecule has 1 atom stereocenters. The summed E-state index contributed by atoms with van der Waals surface area (Å²) in [6, 6.07) is 8.78. The fourth-order valence-corrected chi connectivity index (χ4v) is 1.07. The van der Waals surface area contributed by atoms with E-state index in [1.165, 1.54) is 11.8 Å². The van der Waals surface area contributed by atoms with Gasteiger partial charge in [0.25, 0.3) is 0 Å². The minimum atomic E-state index is -1.44. The minimum absolute atomic E-state index is 0.289. The molecule has 1 unspecified atom stereocenters. The van der Waals surface area contributed by atoms with Crippen molar-refractivity contribution in [2.75, 3.05) is 14.1 Å². The van der Waals surface area contributed by atoms with E-state index in [0.717, 1.165) is 0 Å². The van der Waals surface area contributed by atoms with E-state index in [2.05, 4.69) is 0 Å². The molecule has 0 aromatic heterocycles. The Bertz CT molecular complexity index is 317. The molecule has 0 radical (unpaired) electrons. The minimum Gasteiger partial charge on any atom is -0.369 e. The number of nitrogens with zero attached hydrogens (tertiary/aromatic N) is 1. The molecule has 0 saturated carbocycles. The Morgan fingerprint density at radius 1 is 1.29 bits per heavy atom. The number of rotatable bonds is 3. The SMILES string of the molecule is CN(C)C(C)(O)C(=O)c1ccccc1. The summed E-state index contributed by atoms with van der Waals surface area (Å²) in [5.74, 6) is -0.289. The fraction of sp³-hybridized carbons (Fsp3) is 0.364. The third-order valence-corrected chi connectivity index (χ3v) is 2.34. The number of Topliss-reactive ketones (excluding diaryl/α,β-unsaturated/α-hetero) is 1. The van der Waals surface area contributed by atoms with Crippen LogP contribution in [0.25, 0.3) is 0 Å². The maximum absolute atomic E-state index is 11.8. The predicted molar refractivity (Wildman–Crippen MR) is 55.1 cm³/mol. The van der Waals surface area contributed by atoms with Gasteiger partial charge in [0.2, 0.25) is 5.78 Å². The van der Waals surface area contributed by atoms with E-state index in [9.17, 15) is 9.90 Å². The molecule has 1 N–H and O–H groups in total. The van der Waals surface area contributed by atoms with Crippen molar-refractivity contribution in [3.8, 4) is 0 Å². The highest BCUT2D eigenvalue weighted by Crippen LogP contribution is 2.14. The van der Waals surface area contributed by atoms with Crippen LogP contribution in [0.2, 0.25) is 0 Å². The van der Waals surface area contributed by atoms with Gasteiger partial charge in [-0.25, -0.2) is 0 Å². The molecule has 0 bridgehead atoms. The van der Waals surface area contributed by atoms with Crippen molar-refractivity contribution < 1.29 is 9.90 Å². The van der Waals surface area contributed by atoms with Gasteiger partial charge in [-0.3, -0.25) is 9.69 Å². The highest BCUT2D eigenvalue weighted by molar-refractivity contribution is 6.01. The molecule has 0 aliphatic rings. The number of aliphatic hydroxyl groups is 1. The first-order chi connectivity index (χ1) is 6.46. The predicted octanol–water partition coefficient (Wildman–Crippen LogP) is 1.14. The van der Waals surface area contributed by atoms with Gasteiger partial charge in [-0.1, -0.05) is 30.3 Å². The first kappa shape index (κ1) is 10.9. The largest absolute Gasteiger partial charge is 0.369 e. The Hall–Kier alpha value is -1.19. The summed E-state index contributed by atoms with van der Waals surface area (Å²) in [4.78, 5) is 13.3. The van der Waals surface area contributed by atoms with Gasteiger partial charge < -0.3 is 5.11 Å². The van der Waals surface area contributed by atoms with Crippen LogP contribution in [0.3, 0.4) is 0 Å². The lowest BCUT2D eigenvalue weighted by Crippen LogP contribution is -2.48. The van der Waals surface area contributed by atoms with Crippen LogP contribution in [0, 0.1) is 0 Å². The van der Waals surface area contributed by atoms with Gasteiger partial charge in [-0.2, -0.15) is 0 Å². The van der Waals surface area contributed by atoms with Gasteiger partial charge in [-0.05, 0) is 21.0 Å². The van der Waals surface area contributed by atoms with Crippen molar-refractivity contribution in [1.82, 2.24) is 4.90 Å². The molecule has 1 aromatic rings. The van der Waals surface area contributed by atoms with Crippen molar-refractivity contribution >= 4 is 5.78 Å². The lowest BCUT2D eigenvalue weighted by atomic mass is 10.0. The van der Waals surface area contributed by atoms with Crippen molar-refractivity contribution in [1.29, 1.82) is 0 Å². The zero-order chi connectivity index (χ0) is 10.8. The molecule has 1 aromatic carbocycles. The number of carbonyl (C=O) groups is 1. The van der Waals surface area contributed by atoms with E-state index < -0.39 is 5.72 Å². The molecule has 0 fully saturated rings. The number of hydrogen-bond acceptors (Lipinski definition) is 3. The Kier molecular flexibility index (Phi) is 3.03. The molecular formula is C11H15NO2. The molecule has 14 heavy (non-hydrogen) atoms. The summed E-state index contributed by atoms with van der Waals surface area (Å²) >= 11 is 0. The van der Waals surface area contributed by atoms with Crippen LogP contribution in [0.5, 0.6) is 0 Å². The van der Waals surface area contributed by atoms with Gasteiger partial charge in [-0.15, -0.1) is 0 Å². The van der Waals surface area contributed by atoms with E-state index in [1.54, 1.807) is 38.4 Å². The van der Waals surface area contributed by atoms with Crippen LogP contribution in [0.4, 0.5) is 0 Å². The Labute approximate surface area is 84.0 Å². The molecule has 0 spiro atoms. The monoisotopic (exact) mass is 193 g/mol. The molecule has 76 valence electrons. The zero-order valence-electron chi connectivity index (χ0n) is 8.69. The highest BCUT2D eigenvalue weighted by atomic mass is 16.3. The number of likely N-dealkylation sites (N-methyl/N-ethyl adjacent to an activating group) is 1. The van der Waals surface area contributed by atoms with Gasteiger partial charge >= 0.3 is 0 Å². The van der Waals surface area contributed by atoms with Gasteiger partial charge in [0.15, 0.2) is 5.72 Å². The van der Waals surface area contributed by atoms with Crippen molar-refractivity contribution in [3.05, 3.63) is 35.9 Å². The first-order valence-electron chi connectivity index (χ1n) is 4.46. The van der Waals surface area contributed by atoms with Crippen molar-refractivity contribution in [2.24, 2.45) is 0 Å². The summed E-state index contributed by atoms with van der Waals surface area (Å²) < 4.78 is 0. The summed E-state index contributed by atoms with van der Waals surface area (Å²) in [6.07, 6.45) is 0. The molecule has 0 saturated heterocycles. The van der Waals surface area contributed by atoms with Crippen LogP contribution in [-0.2, 0) is 0 Å². The summed E-state index contributed by atoms with van der Waals surface area (Å²) in [6.45, 7) is 1.49. The summed E-state index contributed by atoms with van der Waals surface area (Å²) in [5.41, 5.74) is -0.923. The van der Waals surface area contributed by atoms with Crippen LogP contribution in [0.15, 0.2) is 30.3 Å². The Morgan fingerprint density at radius 3 is 2.21 bits per heavy atom. The second-order valence-electron chi connectivity index (χ2n) is 3.61. The van der Waals surface area contributed by atoms with E-state index in [1.807, 2.05) is 6.07 Å². The van der Waals surface area contributed by atoms with Crippen molar-refractivity contribution in [3.63, 3.8) is 0 Å². The van der Waals surface area contributed by atoms with E-state index in [4.69, 9.17) is 0 Å². The van der Waals surface area contributed by atoms with Crippen LogP contribution in [-0.4, -0.2) is 35.6 Å². The Morgan fingerprint density at radius 2 is 1.79 bits per heavy atom. The highest BCUT2D eigenvalue weighted by Gasteiger charge is 2.33. The van der Waals surface area contributed by atoms with Gasteiger partial charge in [0.1, 0.15) is 0 Å². The van der Waals surface area contributed by atoms with Crippen LogP contribution >= 0.6 is 0 Å². The van der Waals surface area contributed by atoms with Crippen molar-refractivity contribution in [2.45, 2.75) is 12.6 Å². The lowest BCUT2D eigenvalue weighted by Gasteiger charge is -2.29. The second kappa shape index (κ2) is 3.90. The topological polar surface area (TPSA) is 40.5 Å². The van der Waals surface area contributed by atoms with E-state index in [0.29, 0.717) is 5.56 Å². The van der Waals surface area contributed by atoms with E-state index >= 15 is 0 Å². The molecule has 0 aliphatic heterocycles. The maximum atomic E-state index is 11.8. The molecule has 1 rings (SSSR count). The number of hydrogen-bond donors (Lipinski definition) is 1. The van der Waals surface area contributed by atoms with Gasteiger partial charge in [0.05, 0.1) is 0 Å². The molecule has 0 aliphatic carbocycles. The summed E-state index contributed by atoms with van der Waals surface area (Å²) in [7, 11) is 3.34. The number of carbonyl (C=O) groups excluding carboxylic acids is 1. The smallest absolute Gasteiger partial charge is 0.209 e. The van der Waals surface area contributed by atoms with Crippen LogP contribution in [0.1, 0.15) is 17.3 Å². The normalized spacial score (nSPS) is 15.2. The number of benzene rings is 1. The van der Waals surface area contributed by atoms with Gasteiger partial charge in [0, 0.05) is 5.56 Å². The summed E-state index contributed by atoms with van der Waals surface area (Å²) in [5, 5.41) is 9.89. The molecule has 3 heteroatoms. The second-order valence-corrected chi connectivity index (χ2v) is 3.61. The average Bonchev–Trinajstić information content (AvgIpc) is 2.17. The Balaban J connectivity index is 2.97. The molecular weight excluding hydrogens is 178 g/mol. The first-order valence-corrected chi connectivity index (χ1v) is 4.46. The quantitative estimate of drug-likeness (QED) is 0.578. The lowest BCUT2D eigenvalue weighted by molar-refractivity contribution is -0.0383. The molecule has 3 nitrogen and oxygen atoms in total. The molecule has 0 amide bonds.